The van der Waals surface area contributed by atoms with Gasteiger partial charge in [0.05, 0.1) is 29.4 Å². The minimum absolute atomic E-state index is 0.183. The number of aromatic nitrogens is 1. The van der Waals surface area contributed by atoms with Gasteiger partial charge in [-0.15, -0.1) is 0 Å². The van der Waals surface area contributed by atoms with E-state index in [9.17, 15) is 4.79 Å². The number of nitrogens with zero attached hydrogens (tertiary/aromatic N) is 3. The topological polar surface area (TPSA) is 92.8 Å². The van der Waals surface area contributed by atoms with E-state index in [0.717, 1.165) is 42.6 Å². The number of nitrogens with two attached hydrogens (primary N) is 1. The van der Waals surface area contributed by atoms with Gasteiger partial charge in [-0.05, 0) is 49.6 Å². The predicted molar refractivity (Wildman–Crippen MR) is 133 cm³/mol. The number of amides is 1. The molecule has 1 atom stereocenters. The lowest BCUT2D eigenvalue weighted by molar-refractivity contribution is -0.135. The fourth-order valence-electron chi connectivity index (χ4n) is 4.09. The van der Waals surface area contributed by atoms with E-state index in [1.807, 2.05) is 55.3 Å². The van der Waals surface area contributed by atoms with Crippen LogP contribution in [0.5, 0.6) is 0 Å². The van der Waals surface area contributed by atoms with Crippen molar-refractivity contribution in [3.05, 3.63) is 66.3 Å². The lowest BCUT2D eigenvalue weighted by atomic mass is 9.88. The second kappa shape index (κ2) is 12.2. The molecule has 33 heavy (non-hydrogen) atoms. The molecule has 0 spiro atoms. The molecule has 7 heteroatoms. The number of pyridine rings is 1. The Morgan fingerprint density at radius 2 is 2.00 bits per heavy atom. The summed E-state index contributed by atoms with van der Waals surface area (Å²) in [5.74, 6) is 0.442. The summed E-state index contributed by atoms with van der Waals surface area (Å²) in [6.07, 6.45) is 10.2. The van der Waals surface area contributed by atoms with Crippen molar-refractivity contribution in [3.63, 3.8) is 0 Å². The maximum Gasteiger partial charge on any atom is 0.225 e. The highest BCUT2D eigenvalue weighted by Gasteiger charge is 2.24. The molecule has 1 aromatic carbocycles. The molecule has 2 aromatic rings. The molecule has 3 rings (SSSR count). The van der Waals surface area contributed by atoms with Crippen molar-refractivity contribution in [1.82, 2.24) is 9.88 Å². The van der Waals surface area contributed by atoms with Gasteiger partial charge in [0.1, 0.15) is 0 Å². The number of hydrogen-bond acceptors (Lipinski definition) is 6. The summed E-state index contributed by atoms with van der Waals surface area (Å²) in [4.78, 5) is 23.4. The van der Waals surface area contributed by atoms with Crippen molar-refractivity contribution < 1.29 is 9.53 Å². The summed E-state index contributed by atoms with van der Waals surface area (Å²) in [5, 5.41) is 3.34. The van der Waals surface area contributed by atoms with Gasteiger partial charge in [-0.1, -0.05) is 31.4 Å². The number of anilines is 1. The second-order valence-electron chi connectivity index (χ2n) is 8.52. The molecule has 1 amide bonds. The van der Waals surface area contributed by atoms with E-state index in [0.29, 0.717) is 18.0 Å². The summed E-state index contributed by atoms with van der Waals surface area (Å²) in [6, 6.07) is 11.7. The normalized spacial score (nSPS) is 16.3. The van der Waals surface area contributed by atoms with E-state index < -0.39 is 0 Å². The Kier molecular flexibility index (Phi) is 9.01. The van der Waals surface area contributed by atoms with Crippen molar-refractivity contribution in [2.75, 3.05) is 19.5 Å². The van der Waals surface area contributed by atoms with Crippen molar-refractivity contribution in [2.45, 2.75) is 51.7 Å². The molecular weight excluding hydrogens is 414 g/mol. The van der Waals surface area contributed by atoms with E-state index >= 15 is 0 Å². The van der Waals surface area contributed by atoms with Gasteiger partial charge in [0, 0.05) is 44.7 Å². The van der Waals surface area contributed by atoms with Crippen molar-refractivity contribution >= 4 is 23.0 Å². The third kappa shape index (κ3) is 6.89. The number of benzene rings is 1. The van der Waals surface area contributed by atoms with Gasteiger partial charge in [-0.2, -0.15) is 0 Å². The Bertz CT molecular complexity index is 950. The van der Waals surface area contributed by atoms with Gasteiger partial charge in [0.15, 0.2) is 0 Å². The lowest BCUT2D eigenvalue weighted by Crippen LogP contribution is -2.33. The molecule has 1 aliphatic carbocycles. The Hall–Kier alpha value is -3.19. The van der Waals surface area contributed by atoms with Gasteiger partial charge in [0.2, 0.25) is 5.91 Å². The molecule has 1 heterocycles. The van der Waals surface area contributed by atoms with Gasteiger partial charge in [-0.3, -0.25) is 9.78 Å². The smallest absolute Gasteiger partial charge is 0.225 e. The van der Waals surface area contributed by atoms with E-state index in [4.69, 9.17) is 15.5 Å². The van der Waals surface area contributed by atoms with Crippen LogP contribution < -0.4 is 11.1 Å². The van der Waals surface area contributed by atoms with Crippen LogP contribution >= 0.6 is 0 Å². The van der Waals surface area contributed by atoms with E-state index in [2.05, 4.69) is 10.3 Å². The zero-order chi connectivity index (χ0) is 23.6. The number of rotatable bonds is 9. The third-order valence-electron chi connectivity index (χ3n) is 6.06. The minimum Gasteiger partial charge on any atom is -0.403 e. The number of aliphatic imine (C=N–C) groups is 1. The third-order valence-corrected chi connectivity index (χ3v) is 6.06. The van der Waals surface area contributed by atoms with Crippen molar-refractivity contribution in [3.8, 4) is 0 Å². The summed E-state index contributed by atoms with van der Waals surface area (Å²) in [6.45, 7) is 2.52. The first-order chi connectivity index (χ1) is 16.0. The van der Waals surface area contributed by atoms with E-state index in [1.54, 1.807) is 19.5 Å². The molecule has 0 unspecified atom stereocenters. The molecule has 0 radical (unpaired) electrons. The Morgan fingerprint density at radius 1 is 1.27 bits per heavy atom. The Labute approximate surface area is 196 Å². The van der Waals surface area contributed by atoms with Crippen molar-refractivity contribution in [2.24, 2.45) is 16.6 Å². The first-order valence-corrected chi connectivity index (χ1v) is 11.6. The molecule has 0 saturated heterocycles. The van der Waals surface area contributed by atoms with Gasteiger partial charge < -0.3 is 20.7 Å². The first kappa shape index (κ1) is 24.5. The zero-order valence-electron chi connectivity index (χ0n) is 19.8. The molecule has 7 nitrogen and oxygen atoms in total. The molecule has 1 fully saturated rings. The zero-order valence-corrected chi connectivity index (χ0v) is 19.8. The largest absolute Gasteiger partial charge is 0.403 e. The highest BCUT2D eigenvalue weighted by molar-refractivity contribution is 6.06. The first-order valence-electron chi connectivity index (χ1n) is 11.6. The van der Waals surface area contributed by atoms with Crippen LogP contribution in [0.2, 0.25) is 0 Å². The molecule has 0 bridgehead atoms. The Balaban J connectivity index is 1.67. The summed E-state index contributed by atoms with van der Waals surface area (Å²) >= 11 is 0. The number of carbonyl (C=O) groups is 1. The number of carbonyl (C=O) groups excluding carboxylic acids is 1. The highest BCUT2D eigenvalue weighted by Crippen LogP contribution is 2.26. The van der Waals surface area contributed by atoms with Crippen LogP contribution in [0.3, 0.4) is 0 Å². The van der Waals surface area contributed by atoms with Crippen LogP contribution in [0.1, 0.15) is 44.6 Å². The van der Waals surface area contributed by atoms with Crippen LogP contribution in [-0.2, 0) is 16.1 Å². The average Bonchev–Trinajstić information content (AvgIpc) is 2.87. The predicted octanol–water partition coefficient (Wildman–Crippen LogP) is 4.64. The monoisotopic (exact) mass is 449 g/mol. The fraction of sp³-hybridized carbons (Fsp3) is 0.423. The maximum absolute atomic E-state index is 12.7. The van der Waals surface area contributed by atoms with Crippen LogP contribution in [0.15, 0.2) is 65.7 Å². The average molecular weight is 450 g/mol. The molecular formula is C26H35N5O2. The van der Waals surface area contributed by atoms with E-state index in [-0.39, 0.29) is 17.9 Å². The molecule has 0 aliphatic heterocycles. The highest BCUT2D eigenvalue weighted by atomic mass is 16.5. The van der Waals surface area contributed by atoms with Crippen molar-refractivity contribution in [1.29, 1.82) is 0 Å². The summed E-state index contributed by atoms with van der Waals surface area (Å²) < 4.78 is 5.52. The number of methoxy groups -OCH3 is 1. The van der Waals surface area contributed by atoms with Gasteiger partial charge >= 0.3 is 0 Å². The SMILES string of the molecule is CO[C@@H](C)C(=Nc1cccnc1)/C(=C\N)Nc1ccc(CN(C)C(=O)C2CCCCC2)cc1. The maximum atomic E-state index is 12.7. The van der Waals surface area contributed by atoms with Crippen LogP contribution in [0.25, 0.3) is 0 Å². The van der Waals surface area contributed by atoms with Gasteiger partial charge in [-0.25, -0.2) is 4.99 Å². The molecule has 1 saturated carbocycles. The molecule has 1 aromatic heterocycles. The number of nitrogens with one attached hydrogen (secondary N) is 1. The van der Waals surface area contributed by atoms with Crippen LogP contribution in [-0.4, -0.2) is 41.8 Å². The van der Waals surface area contributed by atoms with Crippen LogP contribution in [0, 0.1) is 5.92 Å². The molecule has 176 valence electrons. The quantitative estimate of drug-likeness (QED) is 0.544. The van der Waals surface area contributed by atoms with Crippen LogP contribution in [0.4, 0.5) is 11.4 Å². The lowest BCUT2D eigenvalue weighted by Gasteiger charge is -2.26. The molecule has 3 N–H and O–H groups in total. The van der Waals surface area contributed by atoms with Gasteiger partial charge in [0.25, 0.3) is 0 Å². The minimum atomic E-state index is -0.272. The molecule has 1 aliphatic rings. The second-order valence-corrected chi connectivity index (χ2v) is 8.52. The fourth-order valence-corrected chi connectivity index (χ4v) is 4.09. The van der Waals surface area contributed by atoms with E-state index in [1.165, 1.54) is 12.6 Å². The standard InChI is InChI=1S/C26H35N5O2/c1-19(33-3)25(30-23-10-7-15-28-17-23)24(16-27)29-22-13-11-20(12-14-22)18-31(2)26(32)21-8-5-4-6-9-21/h7,10-17,19,21,29H,4-6,8-9,18,27H2,1-3H3/b24-16+,30-25?/t19-/m0/s1. The summed E-state index contributed by atoms with van der Waals surface area (Å²) in [5.41, 5.74) is 9.96. The number of ether oxygens (including phenoxy) is 1. The number of hydrogen-bond donors (Lipinski definition) is 2. The Morgan fingerprint density at radius 3 is 2.61 bits per heavy atom. The summed E-state index contributed by atoms with van der Waals surface area (Å²) in [7, 11) is 3.53.